The average molecular weight is 340 g/mol. The van der Waals surface area contributed by atoms with E-state index in [-0.39, 0.29) is 11.9 Å². The third-order valence-electron chi connectivity index (χ3n) is 4.54. The molecule has 3 heteroatoms. The number of nitrogens with one attached hydrogen (secondary N) is 1. The number of fused-ring (bicyclic) bond motifs is 1. The van der Waals surface area contributed by atoms with Crippen molar-refractivity contribution in [2.24, 2.45) is 0 Å². The van der Waals surface area contributed by atoms with Gasteiger partial charge in [-0.05, 0) is 23.3 Å². The molecule has 1 N–H and O–H groups in total. The molecule has 0 saturated carbocycles. The highest BCUT2D eigenvalue weighted by molar-refractivity contribution is 6.05. The number of hydrogen-bond donors (Lipinski definition) is 1. The van der Waals surface area contributed by atoms with Crippen LogP contribution in [0.1, 0.15) is 11.1 Å². The molecule has 1 unspecified atom stereocenters. The second-order valence-corrected chi connectivity index (χ2v) is 6.33. The zero-order valence-electron chi connectivity index (χ0n) is 14.4. The lowest BCUT2D eigenvalue weighted by Crippen LogP contribution is -2.46. The minimum atomic E-state index is -0.356. The standard InChI is InChI=1S/C23H20N2O/c26-23-22(16-15-18-9-3-1-4-10-18)25(17-19-11-5-2-6-12-19)21-14-8-7-13-20(21)24-23/h1-16,22H,17H2,(H,24,26)/b16-15-. The maximum absolute atomic E-state index is 12.8. The fourth-order valence-corrected chi connectivity index (χ4v) is 3.25. The summed E-state index contributed by atoms with van der Waals surface area (Å²) in [6.45, 7) is 0.676. The molecule has 0 aromatic heterocycles. The Morgan fingerprint density at radius 2 is 1.50 bits per heavy atom. The van der Waals surface area contributed by atoms with Crippen molar-refractivity contribution >= 4 is 23.4 Å². The van der Waals surface area contributed by atoms with Gasteiger partial charge in [0.2, 0.25) is 0 Å². The summed E-state index contributed by atoms with van der Waals surface area (Å²) in [6, 6.07) is 27.9. The van der Waals surface area contributed by atoms with E-state index in [0.717, 1.165) is 16.9 Å². The monoisotopic (exact) mass is 340 g/mol. The van der Waals surface area contributed by atoms with Crippen molar-refractivity contribution < 1.29 is 4.79 Å². The highest BCUT2D eigenvalue weighted by Gasteiger charge is 2.30. The van der Waals surface area contributed by atoms with E-state index >= 15 is 0 Å². The molecule has 0 aliphatic carbocycles. The van der Waals surface area contributed by atoms with Gasteiger partial charge in [0.25, 0.3) is 5.91 Å². The van der Waals surface area contributed by atoms with Gasteiger partial charge in [-0.3, -0.25) is 4.79 Å². The van der Waals surface area contributed by atoms with Gasteiger partial charge < -0.3 is 10.2 Å². The van der Waals surface area contributed by atoms with Crippen LogP contribution in [0.25, 0.3) is 6.08 Å². The lowest BCUT2D eigenvalue weighted by molar-refractivity contribution is -0.116. The number of anilines is 2. The van der Waals surface area contributed by atoms with Crippen molar-refractivity contribution in [3.8, 4) is 0 Å². The highest BCUT2D eigenvalue weighted by atomic mass is 16.2. The smallest absolute Gasteiger partial charge is 0.251 e. The molecule has 1 amide bonds. The van der Waals surface area contributed by atoms with Crippen LogP contribution in [0.3, 0.4) is 0 Å². The van der Waals surface area contributed by atoms with Gasteiger partial charge in [0, 0.05) is 6.54 Å². The molecule has 1 aliphatic rings. The molecule has 3 nitrogen and oxygen atoms in total. The Hall–Kier alpha value is -3.33. The number of rotatable bonds is 4. The van der Waals surface area contributed by atoms with E-state index in [1.807, 2.05) is 78.9 Å². The summed E-state index contributed by atoms with van der Waals surface area (Å²) in [5, 5.41) is 3.03. The van der Waals surface area contributed by atoms with Crippen molar-refractivity contribution in [1.82, 2.24) is 0 Å². The fraction of sp³-hybridized carbons (Fsp3) is 0.0870. The van der Waals surface area contributed by atoms with Crippen molar-refractivity contribution in [3.63, 3.8) is 0 Å². The average Bonchev–Trinajstić information content (AvgIpc) is 2.69. The van der Waals surface area contributed by atoms with E-state index in [1.54, 1.807) is 0 Å². The molecule has 0 spiro atoms. The zero-order chi connectivity index (χ0) is 17.8. The van der Waals surface area contributed by atoms with Crippen LogP contribution < -0.4 is 10.2 Å². The molecule has 1 heterocycles. The van der Waals surface area contributed by atoms with E-state index in [4.69, 9.17) is 0 Å². The Balaban J connectivity index is 1.70. The van der Waals surface area contributed by atoms with Crippen LogP contribution in [-0.4, -0.2) is 11.9 Å². The summed E-state index contributed by atoms with van der Waals surface area (Å²) in [7, 11) is 0. The van der Waals surface area contributed by atoms with Gasteiger partial charge in [0.1, 0.15) is 6.04 Å². The summed E-state index contributed by atoms with van der Waals surface area (Å²) in [5.41, 5.74) is 4.16. The fourth-order valence-electron chi connectivity index (χ4n) is 3.25. The second-order valence-electron chi connectivity index (χ2n) is 6.33. The number of carbonyl (C=O) groups is 1. The first-order chi connectivity index (χ1) is 12.8. The highest BCUT2D eigenvalue weighted by Crippen LogP contribution is 2.33. The molecule has 3 aromatic rings. The topological polar surface area (TPSA) is 32.3 Å². The van der Waals surface area contributed by atoms with Crippen LogP contribution in [0.4, 0.5) is 11.4 Å². The van der Waals surface area contributed by atoms with Crippen molar-refractivity contribution in [3.05, 3.63) is 102 Å². The van der Waals surface area contributed by atoms with E-state index in [0.29, 0.717) is 6.54 Å². The largest absolute Gasteiger partial charge is 0.350 e. The Bertz CT molecular complexity index is 919. The van der Waals surface area contributed by atoms with Gasteiger partial charge in [0.05, 0.1) is 11.4 Å². The van der Waals surface area contributed by atoms with Gasteiger partial charge in [0.15, 0.2) is 0 Å². The van der Waals surface area contributed by atoms with E-state index in [1.165, 1.54) is 5.56 Å². The van der Waals surface area contributed by atoms with Crippen molar-refractivity contribution in [1.29, 1.82) is 0 Å². The predicted molar refractivity (Wildman–Crippen MR) is 107 cm³/mol. The number of benzene rings is 3. The second kappa shape index (κ2) is 7.28. The zero-order valence-corrected chi connectivity index (χ0v) is 14.4. The number of carbonyl (C=O) groups excluding carboxylic acids is 1. The van der Waals surface area contributed by atoms with E-state index in [9.17, 15) is 4.79 Å². The van der Waals surface area contributed by atoms with Crippen LogP contribution in [0.5, 0.6) is 0 Å². The van der Waals surface area contributed by atoms with Crippen molar-refractivity contribution in [2.45, 2.75) is 12.6 Å². The Morgan fingerprint density at radius 3 is 2.27 bits per heavy atom. The molecule has 26 heavy (non-hydrogen) atoms. The summed E-state index contributed by atoms with van der Waals surface area (Å²) in [5.74, 6) is -0.00758. The van der Waals surface area contributed by atoms with E-state index < -0.39 is 0 Å². The van der Waals surface area contributed by atoms with Crippen LogP contribution in [0.2, 0.25) is 0 Å². The van der Waals surface area contributed by atoms with Crippen LogP contribution in [0, 0.1) is 0 Å². The Kier molecular flexibility index (Phi) is 4.52. The quantitative estimate of drug-likeness (QED) is 0.745. The number of para-hydroxylation sites is 2. The molecule has 1 atom stereocenters. The summed E-state index contributed by atoms with van der Waals surface area (Å²) < 4.78 is 0. The number of hydrogen-bond acceptors (Lipinski definition) is 2. The molecular weight excluding hydrogens is 320 g/mol. The normalized spacial score (nSPS) is 16.4. The van der Waals surface area contributed by atoms with Gasteiger partial charge >= 0.3 is 0 Å². The van der Waals surface area contributed by atoms with E-state index in [2.05, 4.69) is 28.4 Å². The minimum Gasteiger partial charge on any atom is -0.350 e. The maximum atomic E-state index is 12.8. The molecule has 4 rings (SSSR count). The van der Waals surface area contributed by atoms with Crippen LogP contribution in [-0.2, 0) is 11.3 Å². The Morgan fingerprint density at radius 1 is 0.846 bits per heavy atom. The molecule has 3 aromatic carbocycles. The molecule has 0 saturated heterocycles. The summed E-state index contributed by atoms with van der Waals surface area (Å²) >= 11 is 0. The van der Waals surface area contributed by atoms with Crippen molar-refractivity contribution in [2.75, 3.05) is 10.2 Å². The van der Waals surface area contributed by atoms with Gasteiger partial charge in [-0.15, -0.1) is 0 Å². The SMILES string of the molecule is O=C1Nc2ccccc2N(Cc2ccccc2)C1/C=C\c1ccccc1. The minimum absolute atomic E-state index is 0.00758. The van der Waals surface area contributed by atoms with Gasteiger partial charge in [-0.1, -0.05) is 84.9 Å². The summed E-state index contributed by atoms with van der Waals surface area (Å²) in [4.78, 5) is 14.9. The molecular formula is C23H20N2O. The number of amides is 1. The predicted octanol–water partition coefficient (Wildman–Crippen LogP) is 4.73. The summed E-state index contributed by atoms with van der Waals surface area (Å²) in [6.07, 6.45) is 3.99. The third kappa shape index (κ3) is 3.38. The molecule has 1 aliphatic heterocycles. The number of nitrogens with zero attached hydrogens (tertiary/aromatic N) is 1. The third-order valence-corrected chi connectivity index (χ3v) is 4.54. The van der Waals surface area contributed by atoms with Gasteiger partial charge in [-0.2, -0.15) is 0 Å². The first-order valence-electron chi connectivity index (χ1n) is 8.75. The van der Waals surface area contributed by atoms with Gasteiger partial charge in [-0.25, -0.2) is 0 Å². The first-order valence-corrected chi connectivity index (χ1v) is 8.75. The van der Waals surface area contributed by atoms with Crippen LogP contribution in [0.15, 0.2) is 91.0 Å². The van der Waals surface area contributed by atoms with Crippen LogP contribution >= 0.6 is 0 Å². The maximum Gasteiger partial charge on any atom is 0.251 e. The Labute approximate surface area is 153 Å². The molecule has 0 fully saturated rings. The lowest BCUT2D eigenvalue weighted by atomic mass is 10.0. The molecule has 0 radical (unpaired) electrons. The first kappa shape index (κ1) is 16.2. The molecule has 0 bridgehead atoms. The lowest BCUT2D eigenvalue weighted by Gasteiger charge is -2.36. The molecule has 128 valence electrons.